The van der Waals surface area contributed by atoms with Crippen molar-refractivity contribution in [1.82, 2.24) is 4.98 Å². The lowest BCUT2D eigenvalue weighted by Crippen LogP contribution is -2.16. The zero-order valence-corrected chi connectivity index (χ0v) is 16.0. The molecule has 0 spiro atoms. The Hall–Kier alpha value is -2.49. The second-order valence-corrected chi connectivity index (χ2v) is 6.75. The van der Waals surface area contributed by atoms with Crippen LogP contribution in [0.1, 0.15) is 73.8 Å². The topological polar surface area (TPSA) is 39.2 Å². The summed E-state index contributed by atoms with van der Waals surface area (Å²) in [5, 5.41) is 0. The van der Waals surface area contributed by atoms with Gasteiger partial charge in [0.1, 0.15) is 5.82 Å². The third-order valence-corrected chi connectivity index (χ3v) is 4.17. The molecule has 2 aromatic rings. The third kappa shape index (κ3) is 3.85. The number of nitrogens with zero attached hydrogens (tertiary/aromatic N) is 1. The van der Waals surface area contributed by atoms with Crippen molar-refractivity contribution in [3.63, 3.8) is 0 Å². The Labute approximate surface area is 154 Å². The minimum atomic E-state index is -0.443. The van der Waals surface area contributed by atoms with Crippen LogP contribution in [0.15, 0.2) is 24.3 Å². The van der Waals surface area contributed by atoms with E-state index in [1.807, 2.05) is 27.7 Å². The number of halogens is 1. The zero-order chi connectivity index (χ0) is 19.4. The summed E-state index contributed by atoms with van der Waals surface area (Å²) in [4.78, 5) is 17.6. The van der Waals surface area contributed by atoms with Crippen LogP contribution in [-0.4, -0.2) is 17.6 Å². The van der Waals surface area contributed by atoms with Crippen LogP contribution in [0, 0.1) is 12.4 Å². The van der Waals surface area contributed by atoms with Crippen LogP contribution >= 0.6 is 0 Å². The quantitative estimate of drug-likeness (QED) is 0.619. The highest BCUT2D eigenvalue weighted by atomic mass is 19.1. The summed E-state index contributed by atoms with van der Waals surface area (Å²) in [6, 6.07) is 6.04. The van der Waals surface area contributed by atoms with Gasteiger partial charge in [-0.05, 0) is 36.5 Å². The van der Waals surface area contributed by atoms with E-state index in [-0.39, 0.29) is 24.3 Å². The lowest BCUT2D eigenvalue weighted by atomic mass is 9.87. The highest BCUT2D eigenvalue weighted by Crippen LogP contribution is 2.37. The average Bonchev–Trinajstić information content (AvgIpc) is 2.60. The van der Waals surface area contributed by atoms with E-state index >= 15 is 0 Å². The first-order chi connectivity index (χ1) is 12.3. The fourth-order valence-corrected chi connectivity index (χ4v) is 2.99. The maximum Gasteiger partial charge on any atom is 0.340 e. The van der Waals surface area contributed by atoms with Gasteiger partial charge in [0.05, 0.1) is 23.6 Å². The summed E-state index contributed by atoms with van der Waals surface area (Å²) in [7, 11) is 0. The normalized spacial score (nSPS) is 11.1. The summed E-state index contributed by atoms with van der Waals surface area (Å²) in [6.07, 6.45) is 1.47. The van der Waals surface area contributed by atoms with E-state index in [2.05, 4.69) is 0 Å². The number of hydrogen-bond acceptors (Lipinski definition) is 3. The molecule has 0 aliphatic carbocycles. The molecule has 3 nitrogen and oxygen atoms in total. The van der Waals surface area contributed by atoms with Gasteiger partial charge in [0.15, 0.2) is 0 Å². The smallest absolute Gasteiger partial charge is 0.340 e. The van der Waals surface area contributed by atoms with E-state index in [1.54, 1.807) is 19.1 Å². The number of carbonyl (C=O) groups is 1. The zero-order valence-electron chi connectivity index (χ0n) is 16.0. The molecule has 0 N–H and O–H groups in total. The van der Waals surface area contributed by atoms with Crippen molar-refractivity contribution in [3.05, 3.63) is 59.2 Å². The number of ether oxygens (including phenoxy) is 1. The summed E-state index contributed by atoms with van der Waals surface area (Å²) < 4.78 is 18.7. The summed E-state index contributed by atoms with van der Waals surface area (Å²) in [5.41, 5.74) is 3.90. The summed E-state index contributed by atoms with van der Waals surface area (Å²) >= 11 is 0. The van der Waals surface area contributed by atoms with Gasteiger partial charge in [0.2, 0.25) is 0 Å². The van der Waals surface area contributed by atoms with Crippen LogP contribution in [0.4, 0.5) is 4.39 Å². The van der Waals surface area contributed by atoms with Gasteiger partial charge >= 0.3 is 5.97 Å². The first-order valence-corrected chi connectivity index (χ1v) is 8.87. The molecule has 1 aromatic heterocycles. The van der Waals surface area contributed by atoms with E-state index in [9.17, 15) is 9.18 Å². The van der Waals surface area contributed by atoms with Crippen molar-refractivity contribution in [2.75, 3.05) is 6.61 Å². The van der Waals surface area contributed by atoms with E-state index in [1.165, 1.54) is 18.2 Å². The van der Waals surface area contributed by atoms with E-state index in [4.69, 9.17) is 16.3 Å². The van der Waals surface area contributed by atoms with E-state index in [0.717, 1.165) is 5.69 Å². The van der Waals surface area contributed by atoms with Crippen LogP contribution < -0.4 is 0 Å². The Morgan fingerprint density at radius 1 is 1.15 bits per heavy atom. The Bertz CT molecular complexity index is 808. The predicted octanol–water partition coefficient (Wildman–Crippen LogP) is 5.76. The van der Waals surface area contributed by atoms with Gasteiger partial charge in [-0.2, -0.15) is 0 Å². The first kappa shape index (κ1) is 19.8. The number of hydrogen-bond donors (Lipinski definition) is 0. The number of carbonyl (C=O) groups excluding carboxylic acids is 1. The number of benzene rings is 1. The van der Waals surface area contributed by atoms with Crippen LogP contribution in [0.5, 0.6) is 0 Å². The second-order valence-electron chi connectivity index (χ2n) is 6.75. The monoisotopic (exact) mass is 354 g/mol. The molecule has 1 aromatic carbocycles. The molecular weight excluding hydrogens is 329 g/mol. The Kier molecular flexibility index (Phi) is 6.30. The second kappa shape index (κ2) is 8.26. The minimum absolute atomic E-state index is 0.0120. The molecule has 4 heteroatoms. The summed E-state index contributed by atoms with van der Waals surface area (Å²) in [5.74, 6) is -0.663. The molecule has 0 aliphatic rings. The van der Waals surface area contributed by atoms with Crippen molar-refractivity contribution in [2.24, 2.45) is 0 Å². The molecule has 0 saturated carbocycles. The molecule has 1 radical (unpaired) electrons. The molecule has 0 amide bonds. The van der Waals surface area contributed by atoms with Crippen molar-refractivity contribution >= 4 is 12.0 Å². The molecule has 0 unspecified atom stereocenters. The van der Waals surface area contributed by atoms with E-state index in [0.29, 0.717) is 27.9 Å². The number of rotatable bonds is 6. The molecule has 1 heterocycles. The third-order valence-electron chi connectivity index (χ3n) is 4.17. The minimum Gasteiger partial charge on any atom is -0.462 e. The van der Waals surface area contributed by atoms with Gasteiger partial charge in [-0.1, -0.05) is 52.5 Å². The van der Waals surface area contributed by atoms with Gasteiger partial charge in [0, 0.05) is 11.1 Å². The molecule has 2 rings (SSSR count). The number of esters is 1. The van der Waals surface area contributed by atoms with Crippen LogP contribution in [0.3, 0.4) is 0 Å². The predicted molar refractivity (Wildman–Crippen MR) is 103 cm³/mol. The summed E-state index contributed by atoms with van der Waals surface area (Å²) in [6.45, 7) is 16.0. The van der Waals surface area contributed by atoms with Crippen LogP contribution in [0.2, 0.25) is 0 Å². The Morgan fingerprint density at radius 3 is 2.19 bits per heavy atom. The van der Waals surface area contributed by atoms with Gasteiger partial charge in [-0.25, -0.2) is 9.18 Å². The molecular formula is C22H25FNO2. The lowest BCUT2D eigenvalue weighted by Gasteiger charge is -2.22. The van der Waals surface area contributed by atoms with Gasteiger partial charge in [-0.15, -0.1) is 0 Å². The van der Waals surface area contributed by atoms with Crippen molar-refractivity contribution in [2.45, 2.75) is 46.5 Å². The van der Waals surface area contributed by atoms with Crippen LogP contribution in [-0.2, 0) is 4.74 Å². The van der Waals surface area contributed by atoms with Gasteiger partial charge in [-0.3, -0.25) is 4.98 Å². The molecule has 0 fully saturated rings. The molecule has 0 atom stereocenters. The highest BCUT2D eigenvalue weighted by molar-refractivity contribution is 6.01. The fraction of sp³-hybridized carbons (Fsp3) is 0.364. The average molecular weight is 354 g/mol. The fourth-order valence-electron chi connectivity index (χ4n) is 2.99. The van der Waals surface area contributed by atoms with Crippen molar-refractivity contribution < 1.29 is 13.9 Å². The van der Waals surface area contributed by atoms with Gasteiger partial charge < -0.3 is 4.74 Å². The molecule has 26 heavy (non-hydrogen) atoms. The molecule has 137 valence electrons. The number of pyridine rings is 1. The molecule has 0 aliphatic heterocycles. The SMILES string of the molecule is [CH]=Cc1c(C(C)C)nc(C(C)C)c(C(=O)OCC)c1-c1ccc(F)cc1. The standard InChI is InChI=1S/C22H25FNO2/c1-7-17-18(15-9-11-16(23)12-10-15)19(22(25)26-8-2)21(14(5)6)24-20(17)13(3)4/h1,7,9-14H,8H2,2-6H3. The Morgan fingerprint density at radius 2 is 1.73 bits per heavy atom. The molecule has 0 saturated heterocycles. The lowest BCUT2D eigenvalue weighted by molar-refractivity contribution is 0.0525. The van der Waals surface area contributed by atoms with Crippen molar-refractivity contribution in [3.8, 4) is 11.1 Å². The maximum absolute atomic E-state index is 13.4. The van der Waals surface area contributed by atoms with Crippen LogP contribution in [0.25, 0.3) is 17.2 Å². The highest BCUT2D eigenvalue weighted by Gasteiger charge is 2.27. The maximum atomic E-state index is 13.4. The van der Waals surface area contributed by atoms with Gasteiger partial charge in [0.25, 0.3) is 0 Å². The van der Waals surface area contributed by atoms with Crippen molar-refractivity contribution in [1.29, 1.82) is 0 Å². The number of aromatic nitrogens is 1. The largest absolute Gasteiger partial charge is 0.462 e. The van der Waals surface area contributed by atoms with E-state index < -0.39 is 5.97 Å². The Balaban J connectivity index is 2.96. The first-order valence-electron chi connectivity index (χ1n) is 8.87. The molecule has 0 bridgehead atoms.